The van der Waals surface area contributed by atoms with Gasteiger partial charge in [-0.15, -0.1) is 0 Å². The fourth-order valence-corrected chi connectivity index (χ4v) is 3.35. The molecule has 0 N–H and O–H groups in total. The zero-order chi connectivity index (χ0) is 17.7. The van der Waals surface area contributed by atoms with Gasteiger partial charge in [0.05, 0.1) is 5.52 Å². The van der Waals surface area contributed by atoms with Crippen molar-refractivity contribution in [3.63, 3.8) is 0 Å². The topological polar surface area (TPSA) is 47.3 Å². The number of pyridine rings is 2. The number of rotatable bonds is 2. The van der Waals surface area contributed by atoms with Crippen LogP contribution < -0.4 is 0 Å². The summed E-state index contributed by atoms with van der Waals surface area (Å²) in [5.41, 5.74) is 5.32. The average molecular weight is 337 g/mol. The van der Waals surface area contributed by atoms with E-state index in [-0.39, 0.29) is 5.78 Å². The summed E-state index contributed by atoms with van der Waals surface area (Å²) in [5.74, 6) is -0.0913. The van der Waals surface area contributed by atoms with E-state index in [0.717, 1.165) is 33.1 Å². The first kappa shape index (κ1) is 14.8. The number of nitrogens with zero attached hydrogens (tertiary/aromatic N) is 3. The van der Waals surface area contributed by atoms with Crippen molar-refractivity contribution >= 4 is 33.4 Å². The van der Waals surface area contributed by atoms with Crippen molar-refractivity contribution in [3.8, 4) is 0 Å². The second-order valence-corrected chi connectivity index (χ2v) is 6.41. The molecule has 3 aromatic heterocycles. The number of fused-ring (bicyclic) bond motifs is 5. The summed E-state index contributed by atoms with van der Waals surface area (Å²) in [4.78, 5) is 22.7. The second kappa shape index (κ2) is 5.49. The van der Waals surface area contributed by atoms with E-state index in [9.17, 15) is 4.79 Å². The zero-order valence-electron chi connectivity index (χ0n) is 14.2. The first-order valence-electron chi connectivity index (χ1n) is 8.49. The predicted octanol–water partition coefficient (Wildman–Crippen LogP) is 4.58. The summed E-state index contributed by atoms with van der Waals surface area (Å²) in [6.07, 6.45) is 1.92. The molecule has 0 aliphatic rings. The lowest BCUT2D eigenvalue weighted by Gasteiger charge is -2.07. The van der Waals surface area contributed by atoms with E-state index in [0.29, 0.717) is 11.3 Å². The number of aromatic nitrogens is 3. The number of carbonyl (C=O) groups is 1. The normalized spacial score (nSPS) is 11.4. The van der Waals surface area contributed by atoms with Crippen LogP contribution in [0.4, 0.5) is 0 Å². The molecule has 0 radical (unpaired) electrons. The average Bonchev–Trinajstić information content (AvgIpc) is 3.07. The smallest absolute Gasteiger partial charge is 0.213 e. The van der Waals surface area contributed by atoms with Crippen LogP contribution in [-0.2, 0) is 0 Å². The minimum absolute atomic E-state index is 0.0913. The van der Waals surface area contributed by atoms with Gasteiger partial charge >= 0.3 is 0 Å². The predicted molar refractivity (Wildman–Crippen MR) is 103 cm³/mol. The molecule has 3 heterocycles. The number of ketones is 1. The van der Waals surface area contributed by atoms with Gasteiger partial charge in [-0.1, -0.05) is 54.1 Å². The van der Waals surface area contributed by atoms with Crippen molar-refractivity contribution in [2.24, 2.45) is 0 Å². The van der Waals surface area contributed by atoms with E-state index in [1.54, 1.807) is 0 Å². The van der Waals surface area contributed by atoms with Crippen LogP contribution in [0, 0.1) is 6.92 Å². The second-order valence-electron chi connectivity index (χ2n) is 6.41. The van der Waals surface area contributed by atoms with Crippen LogP contribution in [0.3, 0.4) is 0 Å². The molecule has 4 nitrogen and oxygen atoms in total. The first-order chi connectivity index (χ1) is 12.7. The Labute approximate surface area is 149 Å². The summed E-state index contributed by atoms with van der Waals surface area (Å²) in [6, 6.07) is 21.2. The number of imidazole rings is 1. The van der Waals surface area contributed by atoms with E-state index < -0.39 is 0 Å². The fourth-order valence-electron chi connectivity index (χ4n) is 3.35. The SMILES string of the molecule is Cc1ccc(C(=O)c2nc3ccccc3c3nc4ccccn4c23)cc1. The molecule has 4 heteroatoms. The van der Waals surface area contributed by atoms with Crippen LogP contribution in [0.1, 0.15) is 21.6 Å². The van der Waals surface area contributed by atoms with Gasteiger partial charge in [0.15, 0.2) is 0 Å². The minimum Gasteiger partial charge on any atom is -0.298 e. The van der Waals surface area contributed by atoms with Gasteiger partial charge in [0.1, 0.15) is 22.4 Å². The van der Waals surface area contributed by atoms with Gasteiger partial charge in [0, 0.05) is 17.1 Å². The number of para-hydroxylation sites is 1. The molecule has 124 valence electrons. The monoisotopic (exact) mass is 337 g/mol. The Kier molecular flexibility index (Phi) is 3.12. The van der Waals surface area contributed by atoms with Crippen LogP contribution in [0.2, 0.25) is 0 Å². The molecule has 0 spiro atoms. The van der Waals surface area contributed by atoms with Gasteiger partial charge < -0.3 is 0 Å². The molecule has 0 bridgehead atoms. The molecule has 0 fully saturated rings. The fraction of sp³-hybridized carbons (Fsp3) is 0.0455. The third-order valence-electron chi connectivity index (χ3n) is 4.67. The van der Waals surface area contributed by atoms with Crippen molar-refractivity contribution in [2.45, 2.75) is 6.92 Å². The van der Waals surface area contributed by atoms with Gasteiger partial charge in [-0.2, -0.15) is 0 Å². The molecule has 2 aromatic carbocycles. The highest BCUT2D eigenvalue weighted by Crippen LogP contribution is 2.28. The summed E-state index contributed by atoms with van der Waals surface area (Å²) in [5, 5.41) is 0.951. The first-order valence-corrected chi connectivity index (χ1v) is 8.49. The van der Waals surface area contributed by atoms with Crippen molar-refractivity contribution in [2.75, 3.05) is 0 Å². The Balaban J connectivity index is 1.90. The van der Waals surface area contributed by atoms with Crippen molar-refractivity contribution in [1.29, 1.82) is 0 Å². The van der Waals surface area contributed by atoms with Crippen LogP contribution >= 0.6 is 0 Å². The lowest BCUT2D eigenvalue weighted by atomic mass is 10.0. The maximum Gasteiger partial charge on any atom is 0.213 e. The maximum atomic E-state index is 13.3. The Hall–Kier alpha value is -3.53. The van der Waals surface area contributed by atoms with E-state index in [2.05, 4.69) is 0 Å². The van der Waals surface area contributed by atoms with Gasteiger partial charge in [-0.05, 0) is 25.1 Å². The molecule has 0 aliphatic heterocycles. The third-order valence-corrected chi connectivity index (χ3v) is 4.67. The Morgan fingerprint density at radius 1 is 0.885 bits per heavy atom. The standard InChI is InChI=1S/C22H15N3O/c1-14-9-11-15(12-10-14)22(26)20-21-19(16-6-2-3-7-17(16)23-20)24-18-8-4-5-13-25(18)21/h2-13H,1H3. The van der Waals surface area contributed by atoms with Crippen molar-refractivity contribution < 1.29 is 4.79 Å². The minimum atomic E-state index is -0.0913. The summed E-state index contributed by atoms with van der Waals surface area (Å²) in [7, 11) is 0. The Morgan fingerprint density at radius 3 is 2.50 bits per heavy atom. The molecule has 26 heavy (non-hydrogen) atoms. The highest BCUT2D eigenvalue weighted by molar-refractivity contribution is 6.18. The molecule has 0 amide bonds. The molecule has 0 saturated heterocycles. The van der Waals surface area contributed by atoms with E-state index >= 15 is 0 Å². The van der Waals surface area contributed by atoms with Crippen LogP contribution in [0.5, 0.6) is 0 Å². The van der Waals surface area contributed by atoms with Crippen molar-refractivity contribution in [3.05, 3.63) is 89.7 Å². The molecule has 5 rings (SSSR count). The molecular formula is C22H15N3O. The lowest BCUT2D eigenvalue weighted by Crippen LogP contribution is -2.07. The maximum absolute atomic E-state index is 13.3. The van der Waals surface area contributed by atoms with Gasteiger partial charge in [-0.3, -0.25) is 9.20 Å². The van der Waals surface area contributed by atoms with E-state index in [1.165, 1.54) is 0 Å². The summed E-state index contributed by atoms with van der Waals surface area (Å²) >= 11 is 0. The summed E-state index contributed by atoms with van der Waals surface area (Å²) in [6.45, 7) is 2.01. The van der Waals surface area contributed by atoms with Crippen LogP contribution in [-0.4, -0.2) is 20.2 Å². The third kappa shape index (κ3) is 2.12. The zero-order valence-corrected chi connectivity index (χ0v) is 14.2. The quantitative estimate of drug-likeness (QED) is 0.443. The molecule has 0 saturated carbocycles. The number of benzene rings is 2. The molecule has 0 aliphatic carbocycles. The Morgan fingerprint density at radius 2 is 1.65 bits per heavy atom. The number of hydrogen-bond acceptors (Lipinski definition) is 3. The largest absolute Gasteiger partial charge is 0.298 e. The van der Waals surface area contributed by atoms with Gasteiger partial charge in [0.2, 0.25) is 5.78 Å². The van der Waals surface area contributed by atoms with Gasteiger partial charge in [0.25, 0.3) is 0 Å². The summed E-state index contributed by atoms with van der Waals surface area (Å²) < 4.78 is 1.94. The lowest BCUT2D eigenvalue weighted by molar-refractivity contribution is 0.103. The number of aryl methyl sites for hydroxylation is 1. The van der Waals surface area contributed by atoms with Crippen LogP contribution in [0.25, 0.3) is 27.6 Å². The van der Waals surface area contributed by atoms with Crippen molar-refractivity contribution in [1.82, 2.24) is 14.4 Å². The molecule has 0 atom stereocenters. The van der Waals surface area contributed by atoms with Crippen LogP contribution in [0.15, 0.2) is 72.9 Å². The number of carbonyl (C=O) groups excluding carboxylic acids is 1. The van der Waals surface area contributed by atoms with E-state index in [1.807, 2.05) is 84.3 Å². The van der Waals surface area contributed by atoms with Gasteiger partial charge in [-0.25, -0.2) is 9.97 Å². The molecular weight excluding hydrogens is 322 g/mol. The molecule has 5 aromatic rings. The van der Waals surface area contributed by atoms with E-state index in [4.69, 9.17) is 9.97 Å². The Bertz CT molecular complexity index is 1300. The highest BCUT2D eigenvalue weighted by Gasteiger charge is 2.20. The highest BCUT2D eigenvalue weighted by atomic mass is 16.1. The number of hydrogen-bond donors (Lipinski definition) is 0. The molecule has 0 unspecified atom stereocenters.